The third kappa shape index (κ3) is 1.96. The van der Waals surface area contributed by atoms with Crippen molar-refractivity contribution in [3.05, 3.63) is 35.3 Å². The van der Waals surface area contributed by atoms with Crippen molar-refractivity contribution in [2.75, 3.05) is 18.0 Å². The first-order valence-corrected chi connectivity index (χ1v) is 6.29. The van der Waals surface area contributed by atoms with Crippen LogP contribution in [0.15, 0.2) is 18.3 Å². The molecule has 94 valence electrons. The Bertz CT molecular complexity index is 531. The number of aryl methyl sites for hydroxylation is 2. The van der Waals surface area contributed by atoms with Crippen LogP contribution in [-0.2, 0) is 0 Å². The van der Waals surface area contributed by atoms with Crippen molar-refractivity contribution >= 4 is 5.82 Å². The van der Waals surface area contributed by atoms with Crippen LogP contribution in [-0.4, -0.2) is 33.5 Å². The molecule has 0 spiro atoms. The van der Waals surface area contributed by atoms with E-state index in [0.717, 1.165) is 31.0 Å². The number of hydrogen-bond donors (Lipinski definition) is 1. The molecule has 0 aliphatic carbocycles. The Kier molecular flexibility index (Phi) is 2.74. The first-order valence-electron chi connectivity index (χ1n) is 6.29. The van der Waals surface area contributed by atoms with Crippen molar-refractivity contribution in [2.45, 2.75) is 26.2 Å². The summed E-state index contributed by atoms with van der Waals surface area (Å²) in [6.45, 7) is 6.08. The van der Waals surface area contributed by atoms with Crippen LogP contribution >= 0.6 is 0 Å². The van der Waals surface area contributed by atoms with Gasteiger partial charge >= 0.3 is 0 Å². The Morgan fingerprint density at radius 3 is 2.83 bits per heavy atom. The second-order valence-corrected chi connectivity index (χ2v) is 4.93. The lowest BCUT2D eigenvalue weighted by Crippen LogP contribution is -2.21. The standard InChI is InChI=1S/C13H17N5/c1-9-7-14-17-13(9)11-5-6-18(8-11)12-4-3-10(2)15-16-12/h3-4,7,11H,5-6,8H2,1-2H3,(H,14,17)/t11-/m1/s1. The lowest BCUT2D eigenvalue weighted by atomic mass is 10.0. The fraction of sp³-hybridized carbons (Fsp3) is 0.462. The maximum absolute atomic E-state index is 4.25. The molecule has 18 heavy (non-hydrogen) atoms. The van der Waals surface area contributed by atoms with Gasteiger partial charge in [-0.15, -0.1) is 5.10 Å². The summed E-state index contributed by atoms with van der Waals surface area (Å²) in [5.41, 5.74) is 3.47. The minimum atomic E-state index is 0.524. The quantitative estimate of drug-likeness (QED) is 0.874. The van der Waals surface area contributed by atoms with Crippen LogP contribution in [0.2, 0.25) is 0 Å². The molecule has 0 saturated carbocycles. The van der Waals surface area contributed by atoms with Crippen molar-refractivity contribution in [1.82, 2.24) is 20.4 Å². The molecule has 3 heterocycles. The van der Waals surface area contributed by atoms with E-state index in [4.69, 9.17) is 0 Å². The van der Waals surface area contributed by atoms with Crippen molar-refractivity contribution in [3.63, 3.8) is 0 Å². The van der Waals surface area contributed by atoms with Gasteiger partial charge < -0.3 is 4.90 Å². The second-order valence-electron chi connectivity index (χ2n) is 4.93. The van der Waals surface area contributed by atoms with E-state index >= 15 is 0 Å². The summed E-state index contributed by atoms with van der Waals surface area (Å²) < 4.78 is 0. The van der Waals surface area contributed by atoms with Gasteiger partial charge in [0.05, 0.1) is 11.9 Å². The van der Waals surface area contributed by atoms with Gasteiger partial charge in [0.15, 0.2) is 5.82 Å². The summed E-state index contributed by atoms with van der Waals surface area (Å²) in [5.74, 6) is 1.50. The van der Waals surface area contributed by atoms with Crippen LogP contribution in [0, 0.1) is 13.8 Å². The molecular formula is C13H17N5. The Balaban J connectivity index is 1.76. The van der Waals surface area contributed by atoms with Gasteiger partial charge in [0.2, 0.25) is 0 Å². The number of aromatic amines is 1. The maximum atomic E-state index is 4.25. The highest BCUT2D eigenvalue weighted by molar-refractivity contribution is 5.40. The number of nitrogens with zero attached hydrogens (tertiary/aromatic N) is 4. The molecule has 0 bridgehead atoms. The molecule has 1 aliphatic rings. The largest absolute Gasteiger partial charge is 0.354 e. The van der Waals surface area contributed by atoms with E-state index < -0.39 is 0 Å². The summed E-state index contributed by atoms with van der Waals surface area (Å²) in [5, 5.41) is 15.6. The van der Waals surface area contributed by atoms with Gasteiger partial charge in [0, 0.05) is 24.7 Å². The zero-order valence-corrected chi connectivity index (χ0v) is 10.7. The molecule has 0 radical (unpaired) electrons. The van der Waals surface area contributed by atoms with Crippen LogP contribution in [0.1, 0.15) is 29.3 Å². The zero-order chi connectivity index (χ0) is 12.5. The number of anilines is 1. The minimum absolute atomic E-state index is 0.524. The second kappa shape index (κ2) is 4.40. The van der Waals surface area contributed by atoms with Gasteiger partial charge in [-0.2, -0.15) is 10.2 Å². The van der Waals surface area contributed by atoms with Crippen LogP contribution < -0.4 is 4.90 Å². The van der Waals surface area contributed by atoms with Crippen LogP contribution in [0.5, 0.6) is 0 Å². The fourth-order valence-electron chi connectivity index (χ4n) is 2.53. The van der Waals surface area contributed by atoms with Gasteiger partial charge in [-0.1, -0.05) is 0 Å². The van der Waals surface area contributed by atoms with Crippen LogP contribution in [0.4, 0.5) is 5.82 Å². The predicted molar refractivity (Wildman–Crippen MR) is 69.7 cm³/mol. The molecule has 1 saturated heterocycles. The Morgan fingerprint density at radius 2 is 2.17 bits per heavy atom. The lowest BCUT2D eigenvalue weighted by Gasteiger charge is -2.16. The van der Waals surface area contributed by atoms with Crippen molar-refractivity contribution in [2.24, 2.45) is 0 Å². The number of rotatable bonds is 2. The fourth-order valence-corrected chi connectivity index (χ4v) is 2.53. The molecule has 1 N–H and O–H groups in total. The molecular weight excluding hydrogens is 226 g/mol. The monoisotopic (exact) mass is 243 g/mol. The lowest BCUT2D eigenvalue weighted by molar-refractivity contribution is 0.731. The molecule has 5 heteroatoms. The predicted octanol–water partition coefficient (Wildman–Crippen LogP) is 1.81. The number of aromatic nitrogens is 4. The summed E-state index contributed by atoms with van der Waals surface area (Å²) in [6.07, 6.45) is 3.03. The molecule has 5 nitrogen and oxygen atoms in total. The Morgan fingerprint density at radius 1 is 1.28 bits per heavy atom. The SMILES string of the molecule is Cc1ccc(N2CC[C@@H](c3[nH]ncc3C)C2)nn1. The highest BCUT2D eigenvalue weighted by Gasteiger charge is 2.26. The summed E-state index contributed by atoms with van der Waals surface area (Å²) in [6, 6.07) is 4.06. The molecule has 0 unspecified atom stereocenters. The molecule has 2 aromatic rings. The molecule has 1 fully saturated rings. The molecule has 1 atom stereocenters. The van der Waals surface area contributed by atoms with E-state index in [1.807, 2.05) is 25.3 Å². The van der Waals surface area contributed by atoms with E-state index in [-0.39, 0.29) is 0 Å². The maximum Gasteiger partial charge on any atom is 0.151 e. The molecule has 0 amide bonds. The van der Waals surface area contributed by atoms with Crippen molar-refractivity contribution < 1.29 is 0 Å². The van der Waals surface area contributed by atoms with Crippen LogP contribution in [0.25, 0.3) is 0 Å². The van der Waals surface area contributed by atoms with Crippen molar-refractivity contribution in [3.8, 4) is 0 Å². The number of nitrogens with one attached hydrogen (secondary N) is 1. The molecule has 1 aliphatic heterocycles. The van der Waals surface area contributed by atoms with Gasteiger partial charge in [-0.3, -0.25) is 5.10 Å². The van der Waals surface area contributed by atoms with Crippen LogP contribution in [0.3, 0.4) is 0 Å². The van der Waals surface area contributed by atoms with Gasteiger partial charge in [-0.05, 0) is 38.0 Å². The molecule has 3 rings (SSSR count). The van der Waals surface area contributed by atoms with E-state index in [2.05, 4.69) is 32.2 Å². The highest BCUT2D eigenvalue weighted by atomic mass is 15.3. The summed E-state index contributed by atoms with van der Waals surface area (Å²) in [7, 11) is 0. The Hall–Kier alpha value is -1.91. The van der Waals surface area contributed by atoms with Gasteiger partial charge in [-0.25, -0.2) is 0 Å². The topological polar surface area (TPSA) is 57.7 Å². The van der Waals surface area contributed by atoms with E-state index in [1.165, 1.54) is 11.3 Å². The average molecular weight is 243 g/mol. The summed E-state index contributed by atoms with van der Waals surface area (Å²) >= 11 is 0. The Labute approximate surface area is 106 Å². The van der Waals surface area contributed by atoms with E-state index in [0.29, 0.717) is 5.92 Å². The number of hydrogen-bond acceptors (Lipinski definition) is 4. The minimum Gasteiger partial charge on any atom is -0.354 e. The number of H-pyrrole nitrogens is 1. The molecule has 0 aromatic carbocycles. The third-order valence-corrected chi connectivity index (χ3v) is 3.57. The first kappa shape index (κ1) is 11.2. The van der Waals surface area contributed by atoms with Crippen molar-refractivity contribution in [1.29, 1.82) is 0 Å². The zero-order valence-electron chi connectivity index (χ0n) is 10.7. The van der Waals surface area contributed by atoms with E-state index in [1.54, 1.807) is 0 Å². The smallest absolute Gasteiger partial charge is 0.151 e. The first-order chi connectivity index (χ1) is 8.74. The average Bonchev–Trinajstić information content (AvgIpc) is 2.98. The van der Waals surface area contributed by atoms with Gasteiger partial charge in [0.1, 0.15) is 0 Å². The highest BCUT2D eigenvalue weighted by Crippen LogP contribution is 2.29. The third-order valence-electron chi connectivity index (χ3n) is 3.57. The molecule has 2 aromatic heterocycles. The summed E-state index contributed by atoms with van der Waals surface area (Å²) in [4.78, 5) is 2.29. The van der Waals surface area contributed by atoms with E-state index in [9.17, 15) is 0 Å². The normalized spacial score (nSPS) is 19.4. The van der Waals surface area contributed by atoms with Gasteiger partial charge in [0.25, 0.3) is 0 Å².